The lowest BCUT2D eigenvalue weighted by Gasteiger charge is -2.03. The SMILES string of the molecule is CC(C)[CH]c1ccc(I)cc1. The quantitative estimate of drug-likeness (QED) is 0.713. The molecule has 0 saturated carbocycles. The minimum Gasteiger partial charge on any atom is -0.0622 e. The summed E-state index contributed by atoms with van der Waals surface area (Å²) in [6.45, 7) is 4.38. The average Bonchev–Trinajstić information content (AvgIpc) is 1.93. The Balaban J connectivity index is 2.66. The summed E-state index contributed by atoms with van der Waals surface area (Å²) < 4.78 is 1.29. The molecule has 59 valence electrons. The zero-order valence-electron chi connectivity index (χ0n) is 6.84. The van der Waals surface area contributed by atoms with Gasteiger partial charge in [0.25, 0.3) is 0 Å². The summed E-state index contributed by atoms with van der Waals surface area (Å²) in [4.78, 5) is 0. The lowest BCUT2D eigenvalue weighted by atomic mass is 10.0. The smallest absolute Gasteiger partial charge is 0.0130 e. The molecule has 1 aromatic carbocycles. The van der Waals surface area contributed by atoms with E-state index in [0.717, 1.165) is 0 Å². The number of hydrogen-bond donors (Lipinski definition) is 0. The Hall–Kier alpha value is -0.0500. The third-order valence-electron chi connectivity index (χ3n) is 1.40. The molecular weight excluding hydrogens is 247 g/mol. The lowest BCUT2D eigenvalue weighted by molar-refractivity contribution is 0.776. The largest absolute Gasteiger partial charge is 0.0622 e. The molecule has 0 saturated heterocycles. The van der Waals surface area contributed by atoms with Crippen molar-refractivity contribution < 1.29 is 0 Å². The van der Waals surface area contributed by atoms with E-state index < -0.39 is 0 Å². The van der Waals surface area contributed by atoms with Crippen LogP contribution in [-0.4, -0.2) is 0 Å². The van der Waals surface area contributed by atoms with Crippen molar-refractivity contribution in [2.75, 3.05) is 0 Å². The van der Waals surface area contributed by atoms with Crippen molar-refractivity contribution in [1.82, 2.24) is 0 Å². The third-order valence-corrected chi connectivity index (χ3v) is 2.11. The molecule has 0 unspecified atom stereocenters. The molecule has 0 spiro atoms. The Morgan fingerprint density at radius 2 is 1.73 bits per heavy atom. The molecule has 1 rings (SSSR count). The van der Waals surface area contributed by atoms with Gasteiger partial charge in [0.15, 0.2) is 0 Å². The topological polar surface area (TPSA) is 0 Å². The van der Waals surface area contributed by atoms with Crippen LogP contribution in [0.4, 0.5) is 0 Å². The molecule has 0 aliphatic rings. The lowest BCUT2D eigenvalue weighted by Crippen LogP contribution is -1.89. The zero-order valence-corrected chi connectivity index (χ0v) is 9.00. The maximum Gasteiger partial charge on any atom is 0.0130 e. The van der Waals surface area contributed by atoms with Crippen LogP contribution in [0.5, 0.6) is 0 Å². The third kappa shape index (κ3) is 3.23. The highest BCUT2D eigenvalue weighted by molar-refractivity contribution is 14.1. The van der Waals surface area contributed by atoms with E-state index >= 15 is 0 Å². The summed E-state index contributed by atoms with van der Waals surface area (Å²) >= 11 is 2.32. The average molecular weight is 259 g/mol. The molecule has 11 heavy (non-hydrogen) atoms. The van der Waals surface area contributed by atoms with Crippen LogP contribution in [0.1, 0.15) is 19.4 Å². The summed E-state index contributed by atoms with van der Waals surface area (Å²) in [6, 6.07) is 8.58. The first kappa shape index (κ1) is 9.04. The fourth-order valence-electron chi connectivity index (χ4n) is 0.959. The fraction of sp³-hybridized carbons (Fsp3) is 0.300. The maximum absolute atomic E-state index is 2.32. The molecule has 1 heteroatoms. The number of hydrogen-bond acceptors (Lipinski definition) is 0. The summed E-state index contributed by atoms with van der Waals surface area (Å²) in [7, 11) is 0. The Labute approximate surface area is 82.2 Å². The van der Waals surface area contributed by atoms with Crippen LogP contribution in [0.25, 0.3) is 0 Å². The van der Waals surface area contributed by atoms with Gasteiger partial charge in [-0.05, 0) is 52.6 Å². The Kier molecular flexibility index (Phi) is 3.37. The maximum atomic E-state index is 2.32. The Bertz CT molecular complexity index is 211. The minimum atomic E-state index is 0.634. The first-order valence-electron chi connectivity index (χ1n) is 3.79. The predicted molar refractivity (Wildman–Crippen MR) is 57.4 cm³/mol. The van der Waals surface area contributed by atoms with Crippen molar-refractivity contribution in [1.29, 1.82) is 0 Å². The van der Waals surface area contributed by atoms with E-state index in [-0.39, 0.29) is 0 Å². The molecule has 0 aliphatic carbocycles. The zero-order chi connectivity index (χ0) is 8.27. The van der Waals surface area contributed by atoms with E-state index in [1.807, 2.05) is 0 Å². The number of benzene rings is 1. The van der Waals surface area contributed by atoms with Crippen LogP contribution in [-0.2, 0) is 0 Å². The van der Waals surface area contributed by atoms with E-state index in [0.29, 0.717) is 5.92 Å². The first-order valence-corrected chi connectivity index (χ1v) is 4.87. The van der Waals surface area contributed by atoms with Crippen molar-refractivity contribution >= 4 is 22.6 Å². The minimum absolute atomic E-state index is 0.634. The molecule has 1 radical (unpaired) electrons. The Morgan fingerprint density at radius 1 is 1.18 bits per heavy atom. The number of rotatable bonds is 2. The van der Waals surface area contributed by atoms with Crippen LogP contribution < -0.4 is 0 Å². The van der Waals surface area contributed by atoms with Gasteiger partial charge >= 0.3 is 0 Å². The van der Waals surface area contributed by atoms with Gasteiger partial charge in [-0.2, -0.15) is 0 Å². The number of halogens is 1. The van der Waals surface area contributed by atoms with Crippen molar-refractivity contribution in [3.05, 3.63) is 39.8 Å². The van der Waals surface area contributed by atoms with Gasteiger partial charge in [-0.15, -0.1) is 0 Å². The monoisotopic (exact) mass is 259 g/mol. The van der Waals surface area contributed by atoms with Gasteiger partial charge < -0.3 is 0 Å². The van der Waals surface area contributed by atoms with Gasteiger partial charge in [0, 0.05) is 3.57 Å². The van der Waals surface area contributed by atoms with Crippen molar-refractivity contribution in [2.45, 2.75) is 13.8 Å². The highest BCUT2D eigenvalue weighted by atomic mass is 127. The fourth-order valence-corrected chi connectivity index (χ4v) is 1.32. The van der Waals surface area contributed by atoms with E-state index in [1.54, 1.807) is 0 Å². The molecule has 0 atom stereocenters. The van der Waals surface area contributed by atoms with Crippen molar-refractivity contribution in [3.63, 3.8) is 0 Å². The molecule has 0 bridgehead atoms. The van der Waals surface area contributed by atoms with Crippen LogP contribution >= 0.6 is 22.6 Å². The second-order valence-electron chi connectivity index (χ2n) is 2.96. The standard InChI is InChI=1S/C10H12I/c1-8(2)7-9-3-5-10(11)6-4-9/h3-8H,1-2H3. The van der Waals surface area contributed by atoms with E-state index in [9.17, 15) is 0 Å². The molecule has 0 N–H and O–H groups in total. The molecule has 0 aliphatic heterocycles. The highest BCUT2D eigenvalue weighted by Crippen LogP contribution is 2.12. The second-order valence-corrected chi connectivity index (χ2v) is 4.21. The van der Waals surface area contributed by atoms with Crippen molar-refractivity contribution in [2.24, 2.45) is 5.92 Å². The van der Waals surface area contributed by atoms with Gasteiger partial charge in [0.1, 0.15) is 0 Å². The summed E-state index contributed by atoms with van der Waals surface area (Å²) in [5, 5.41) is 0. The van der Waals surface area contributed by atoms with E-state index in [2.05, 4.69) is 67.1 Å². The second kappa shape index (κ2) is 4.10. The van der Waals surface area contributed by atoms with E-state index in [1.165, 1.54) is 9.13 Å². The summed E-state index contributed by atoms with van der Waals surface area (Å²) in [6.07, 6.45) is 2.26. The highest BCUT2D eigenvalue weighted by Gasteiger charge is 1.96. The molecule has 0 nitrogen and oxygen atoms in total. The molecule has 0 amide bonds. The Morgan fingerprint density at radius 3 is 2.18 bits per heavy atom. The van der Waals surface area contributed by atoms with E-state index in [4.69, 9.17) is 0 Å². The molecule has 1 aromatic rings. The summed E-state index contributed by atoms with van der Waals surface area (Å²) in [5.41, 5.74) is 1.32. The molecule has 0 aromatic heterocycles. The molecule has 0 fully saturated rings. The first-order chi connectivity index (χ1) is 5.18. The van der Waals surface area contributed by atoms with Gasteiger partial charge in [0.2, 0.25) is 0 Å². The molecular formula is C10H12I. The van der Waals surface area contributed by atoms with Crippen molar-refractivity contribution in [3.8, 4) is 0 Å². The molecule has 0 heterocycles. The van der Waals surface area contributed by atoms with Gasteiger partial charge in [-0.1, -0.05) is 26.0 Å². The van der Waals surface area contributed by atoms with Gasteiger partial charge in [0.05, 0.1) is 0 Å². The normalized spacial score (nSPS) is 10.5. The predicted octanol–water partition coefficient (Wildman–Crippen LogP) is 3.50. The summed E-state index contributed by atoms with van der Waals surface area (Å²) in [5.74, 6) is 0.634. The van der Waals surface area contributed by atoms with Gasteiger partial charge in [-0.25, -0.2) is 0 Å². The van der Waals surface area contributed by atoms with Crippen LogP contribution in [0, 0.1) is 15.9 Å². The van der Waals surface area contributed by atoms with Crippen LogP contribution in [0.3, 0.4) is 0 Å². The van der Waals surface area contributed by atoms with Gasteiger partial charge in [-0.3, -0.25) is 0 Å². The van der Waals surface area contributed by atoms with Crippen LogP contribution in [0.2, 0.25) is 0 Å². The van der Waals surface area contributed by atoms with Crippen LogP contribution in [0.15, 0.2) is 24.3 Å².